The van der Waals surface area contributed by atoms with Gasteiger partial charge in [0.15, 0.2) is 17.4 Å². The fourth-order valence-electron chi connectivity index (χ4n) is 2.52. The summed E-state index contributed by atoms with van der Waals surface area (Å²) in [6.45, 7) is 1.87. The maximum atomic E-state index is 14.0. The molecule has 1 N–H and O–H groups in total. The van der Waals surface area contributed by atoms with Gasteiger partial charge in [-0.15, -0.1) is 0 Å². The van der Waals surface area contributed by atoms with Gasteiger partial charge in [0.05, 0.1) is 12.7 Å². The zero-order valence-corrected chi connectivity index (χ0v) is 12.2. The summed E-state index contributed by atoms with van der Waals surface area (Å²) in [5, 5.41) is 2.75. The van der Waals surface area contributed by atoms with Crippen molar-refractivity contribution in [1.82, 2.24) is 5.32 Å². The summed E-state index contributed by atoms with van der Waals surface area (Å²) < 4.78 is 32.0. The Morgan fingerprint density at radius 2 is 2.10 bits per heavy atom. The summed E-state index contributed by atoms with van der Waals surface area (Å²) in [7, 11) is 1.17. The largest absolute Gasteiger partial charge is 0.491 e. The Morgan fingerprint density at radius 1 is 1.33 bits per heavy atom. The summed E-state index contributed by atoms with van der Waals surface area (Å²) >= 11 is 0. The molecule has 0 aromatic heterocycles. The quantitative estimate of drug-likeness (QED) is 0.862. The number of nitrogens with one attached hydrogen (secondary N) is 1. The summed E-state index contributed by atoms with van der Waals surface area (Å²) in [5.41, 5.74) is 0.945. The van der Waals surface area contributed by atoms with E-state index in [1.165, 1.54) is 7.11 Å². The van der Waals surface area contributed by atoms with Crippen molar-refractivity contribution < 1.29 is 18.3 Å². The van der Waals surface area contributed by atoms with Gasteiger partial charge in [0.25, 0.3) is 5.91 Å². The van der Waals surface area contributed by atoms with Crippen molar-refractivity contribution >= 4 is 5.91 Å². The molecule has 21 heavy (non-hydrogen) atoms. The molecular weight excluding hydrogens is 276 g/mol. The molecule has 1 unspecified atom stereocenters. The molecule has 1 aliphatic carbocycles. The Bertz CT molecular complexity index is 570. The molecule has 0 radical (unpaired) electrons. The highest BCUT2D eigenvalue weighted by atomic mass is 19.1. The SMILES string of the molecule is COc1c(F)ccc(C(=O)NC(C)C2=CCCCC2)c1F. The highest BCUT2D eigenvalue weighted by Gasteiger charge is 2.21. The summed E-state index contributed by atoms with van der Waals surface area (Å²) in [5.74, 6) is -2.90. The van der Waals surface area contributed by atoms with E-state index < -0.39 is 23.3 Å². The molecule has 0 aliphatic heterocycles. The Morgan fingerprint density at radius 3 is 2.71 bits per heavy atom. The van der Waals surface area contributed by atoms with Crippen LogP contribution in [-0.4, -0.2) is 19.1 Å². The minimum Gasteiger partial charge on any atom is -0.491 e. The summed E-state index contributed by atoms with van der Waals surface area (Å²) in [4.78, 5) is 12.1. The van der Waals surface area contributed by atoms with Crippen molar-refractivity contribution in [2.24, 2.45) is 0 Å². The van der Waals surface area contributed by atoms with E-state index in [4.69, 9.17) is 0 Å². The number of amides is 1. The number of rotatable bonds is 4. The molecule has 0 saturated carbocycles. The first kappa shape index (κ1) is 15.5. The fraction of sp³-hybridized carbons (Fsp3) is 0.438. The minimum absolute atomic E-state index is 0.159. The zero-order chi connectivity index (χ0) is 15.4. The van der Waals surface area contributed by atoms with Gasteiger partial charge in [-0.2, -0.15) is 0 Å². The number of allylic oxidation sites excluding steroid dienone is 1. The van der Waals surface area contributed by atoms with Gasteiger partial charge in [-0.3, -0.25) is 4.79 Å². The standard InChI is InChI=1S/C16H19F2NO2/c1-10(11-6-4-3-5-7-11)19-16(20)12-8-9-13(17)15(21-2)14(12)18/h6,8-10H,3-5,7H2,1-2H3,(H,19,20). The van der Waals surface area contributed by atoms with Gasteiger partial charge in [0.2, 0.25) is 0 Å². The van der Waals surface area contributed by atoms with Crippen LogP contribution in [0.1, 0.15) is 43.0 Å². The molecule has 0 bridgehead atoms. The third-order valence-corrected chi connectivity index (χ3v) is 3.73. The Hall–Kier alpha value is -1.91. The first-order chi connectivity index (χ1) is 10.0. The molecule has 1 aromatic carbocycles. The van der Waals surface area contributed by atoms with Gasteiger partial charge >= 0.3 is 0 Å². The van der Waals surface area contributed by atoms with E-state index in [-0.39, 0.29) is 11.6 Å². The number of benzene rings is 1. The molecular formula is C16H19F2NO2. The number of ether oxygens (including phenoxy) is 1. The van der Waals surface area contributed by atoms with E-state index in [1.54, 1.807) is 0 Å². The Balaban J connectivity index is 2.15. The normalized spacial score (nSPS) is 16.1. The smallest absolute Gasteiger partial charge is 0.254 e. The van der Waals surface area contributed by atoms with Gasteiger partial charge < -0.3 is 10.1 Å². The molecule has 0 saturated heterocycles. The van der Waals surface area contributed by atoms with Gasteiger partial charge in [-0.05, 0) is 44.7 Å². The molecule has 1 aromatic rings. The third-order valence-electron chi connectivity index (χ3n) is 3.73. The summed E-state index contributed by atoms with van der Waals surface area (Å²) in [6.07, 6.45) is 6.33. The van der Waals surface area contributed by atoms with Crippen molar-refractivity contribution in [3.8, 4) is 5.75 Å². The maximum absolute atomic E-state index is 14.0. The van der Waals surface area contributed by atoms with Gasteiger partial charge in [0.1, 0.15) is 0 Å². The van der Waals surface area contributed by atoms with Crippen LogP contribution in [0.25, 0.3) is 0 Å². The number of hydrogen-bond donors (Lipinski definition) is 1. The van der Waals surface area contributed by atoms with Crippen molar-refractivity contribution in [3.63, 3.8) is 0 Å². The van der Waals surface area contributed by atoms with E-state index in [0.717, 1.165) is 43.4 Å². The maximum Gasteiger partial charge on any atom is 0.254 e. The highest BCUT2D eigenvalue weighted by molar-refractivity contribution is 5.95. The van der Waals surface area contributed by atoms with E-state index in [9.17, 15) is 13.6 Å². The second-order valence-corrected chi connectivity index (χ2v) is 5.16. The molecule has 5 heteroatoms. The van der Waals surface area contributed by atoms with Crippen molar-refractivity contribution in [2.45, 2.75) is 38.6 Å². The minimum atomic E-state index is -0.972. The molecule has 2 rings (SSSR count). The lowest BCUT2D eigenvalue weighted by Crippen LogP contribution is -2.35. The average molecular weight is 295 g/mol. The monoisotopic (exact) mass is 295 g/mol. The first-order valence-corrected chi connectivity index (χ1v) is 7.06. The third kappa shape index (κ3) is 3.40. The fourth-order valence-corrected chi connectivity index (χ4v) is 2.52. The van der Waals surface area contributed by atoms with Crippen LogP contribution in [0.5, 0.6) is 5.75 Å². The number of carbonyl (C=O) groups is 1. The van der Waals surface area contributed by atoms with Crippen molar-refractivity contribution in [3.05, 3.63) is 41.0 Å². The van der Waals surface area contributed by atoms with Crippen molar-refractivity contribution in [2.75, 3.05) is 7.11 Å². The number of halogens is 2. The number of carbonyl (C=O) groups excluding carboxylic acids is 1. The van der Waals surface area contributed by atoms with Crippen molar-refractivity contribution in [1.29, 1.82) is 0 Å². The molecule has 0 heterocycles. The number of methoxy groups -OCH3 is 1. The van der Waals surface area contributed by atoms with Gasteiger partial charge in [-0.1, -0.05) is 11.6 Å². The average Bonchev–Trinajstić information content (AvgIpc) is 2.48. The van der Waals surface area contributed by atoms with Crippen LogP contribution in [0.3, 0.4) is 0 Å². The van der Waals surface area contributed by atoms with Crippen LogP contribution in [0.2, 0.25) is 0 Å². The second-order valence-electron chi connectivity index (χ2n) is 5.16. The van der Waals surface area contributed by atoms with Crippen LogP contribution in [-0.2, 0) is 0 Å². The Labute approximate surface area is 123 Å². The Kier molecular flexibility index (Phi) is 4.94. The second kappa shape index (κ2) is 6.70. The van der Waals surface area contributed by atoms with E-state index in [2.05, 4.69) is 16.1 Å². The van der Waals surface area contributed by atoms with Gasteiger partial charge in [-0.25, -0.2) is 8.78 Å². The first-order valence-electron chi connectivity index (χ1n) is 7.06. The summed E-state index contributed by atoms with van der Waals surface area (Å²) in [6, 6.07) is 2.00. The zero-order valence-electron chi connectivity index (χ0n) is 12.2. The van der Waals surface area contributed by atoms with Crippen LogP contribution in [0.4, 0.5) is 8.78 Å². The molecule has 0 spiro atoms. The molecule has 1 amide bonds. The molecule has 1 aliphatic rings. The molecule has 0 fully saturated rings. The predicted molar refractivity (Wildman–Crippen MR) is 76.4 cm³/mol. The van der Waals surface area contributed by atoms with E-state index in [0.29, 0.717) is 0 Å². The lowest BCUT2D eigenvalue weighted by Gasteiger charge is -2.21. The lowest BCUT2D eigenvalue weighted by atomic mass is 9.94. The van der Waals surface area contributed by atoms with Crippen LogP contribution in [0, 0.1) is 11.6 Å². The molecule has 3 nitrogen and oxygen atoms in total. The van der Waals surface area contributed by atoms with Crippen LogP contribution in [0.15, 0.2) is 23.8 Å². The topological polar surface area (TPSA) is 38.3 Å². The van der Waals surface area contributed by atoms with Crippen LogP contribution >= 0.6 is 0 Å². The molecule has 1 atom stereocenters. The predicted octanol–water partition coefficient (Wildman–Crippen LogP) is 3.59. The van der Waals surface area contributed by atoms with Crippen LogP contribution < -0.4 is 10.1 Å². The van der Waals surface area contributed by atoms with E-state index >= 15 is 0 Å². The molecule has 114 valence electrons. The van der Waals surface area contributed by atoms with E-state index in [1.807, 2.05) is 6.92 Å². The highest BCUT2D eigenvalue weighted by Crippen LogP contribution is 2.25. The number of hydrogen-bond acceptors (Lipinski definition) is 2. The van der Waals surface area contributed by atoms with Gasteiger partial charge in [0, 0.05) is 6.04 Å². The lowest BCUT2D eigenvalue weighted by molar-refractivity contribution is 0.0939.